The van der Waals surface area contributed by atoms with Crippen molar-refractivity contribution < 1.29 is 4.79 Å². The van der Waals surface area contributed by atoms with E-state index in [9.17, 15) is 4.79 Å². The van der Waals surface area contributed by atoms with Crippen LogP contribution in [0.2, 0.25) is 0 Å². The van der Waals surface area contributed by atoms with Crippen molar-refractivity contribution in [3.05, 3.63) is 17.5 Å². The molecule has 0 aliphatic carbocycles. The van der Waals surface area contributed by atoms with Gasteiger partial charge in [-0.3, -0.25) is 9.48 Å². The maximum absolute atomic E-state index is 12.3. The monoisotopic (exact) mass is 238 g/mol. The van der Waals surface area contributed by atoms with Crippen molar-refractivity contribution in [3.63, 3.8) is 0 Å². The van der Waals surface area contributed by atoms with Crippen LogP contribution in [0.5, 0.6) is 0 Å². The molecule has 0 saturated heterocycles. The minimum atomic E-state index is 0.0204. The highest BCUT2D eigenvalue weighted by atomic mass is 16.2. The predicted molar refractivity (Wildman–Crippen MR) is 67.9 cm³/mol. The number of aromatic nitrogens is 2. The fourth-order valence-electron chi connectivity index (χ4n) is 1.78. The summed E-state index contributed by atoms with van der Waals surface area (Å²) in [7, 11) is 0. The molecule has 1 heterocycles. The number of likely N-dealkylation sites (N-methyl/N-ethyl adjacent to an activating group) is 1. The maximum atomic E-state index is 12.3. The van der Waals surface area contributed by atoms with Crippen molar-refractivity contribution in [3.8, 4) is 0 Å². The van der Waals surface area contributed by atoms with Gasteiger partial charge >= 0.3 is 0 Å². The number of nitrogens with two attached hydrogens (primary N) is 1. The first-order valence-corrected chi connectivity index (χ1v) is 6.23. The van der Waals surface area contributed by atoms with Crippen LogP contribution in [0.4, 0.5) is 0 Å². The van der Waals surface area contributed by atoms with Crippen LogP contribution in [-0.4, -0.2) is 40.2 Å². The molecule has 0 aliphatic heterocycles. The van der Waals surface area contributed by atoms with Gasteiger partial charge in [0.25, 0.3) is 5.91 Å². The van der Waals surface area contributed by atoms with Gasteiger partial charge in [-0.05, 0) is 26.3 Å². The Labute approximate surface area is 103 Å². The molecule has 0 spiro atoms. The summed E-state index contributed by atoms with van der Waals surface area (Å²) in [4.78, 5) is 14.0. The van der Waals surface area contributed by atoms with Crippen LogP contribution in [0.3, 0.4) is 0 Å². The number of nitrogens with zero attached hydrogens (tertiary/aromatic N) is 3. The van der Waals surface area contributed by atoms with E-state index in [-0.39, 0.29) is 5.91 Å². The zero-order valence-electron chi connectivity index (χ0n) is 10.9. The molecular formula is C12H22N4O. The summed E-state index contributed by atoms with van der Waals surface area (Å²) < 4.78 is 1.76. The normalized spacial score (nSPS) is 10.6. The molecule has 96 valence electrons. The summed E-state index contributed by atoms with van der Waals surface area (Å²) in [5.74, 6) is 0.0204. The van der Waals surface area contributed by atoms with Crippen LogP contribution in [-0.2, 0) is 13.0 Å². The average molecular weight is 238 g/mol. The fraction of sp³-hybridized carbons (Fsp3) is 0.667. The van der Waals surface area contributed by atoms with Crippen LogP contribution in [0.25, 0.3) is 0 Å². The van der Waals surface area contributed by atoms with Gasteiger partial charge in [0, 0.05) is 26.2 Å². The predicted octanol–water partition coefficient (Wildman–Crippen LogP) is 0.886. The average Bonchev–Trinajstić information content (AvgIpc) is 2.78. The lowest BCUT2D eigenvalue weighted by atomic mass is 10.2. The Kier molecular flexibility index (Phi) is 5.15. The molecule has 0 fully saturated rings. The van der Waals surface area contributed by atoms with Crippen molar-refractivity contribution in [2.75, 3.05) is 19.6 Å². The third-order valence-electron chi connectivity index (χ3n) is 2.78. The summed E-state index contributed by atoms with van der Waals surface area (Å²) in [6.45, 7) is 8.44. The Morgan fingerprint density at radius 2 is 2.18 bits per heavy atom. The SMILES string of the molecule is CCc1cc(C(=O)N(CC)CCN)n(CC)n1. The van der Waals surface area contributed by atoms with Crippen molar-refractivity contribution in [2.45, 2.75) is 33.7 Å². The van der Waals surface area contributed by atoms with E-state index in [4.69, 9.17) is 5.73 Å². The molecular weight excluding hydrogens is 216 g/mol. The van der Waals surface area contributed by atoms with Gasteiger partial charge in [-0.15, -0.1) is 0 Å². The van der Waals surface area contributed by atoms with E-state index < -0.39 is 0 Å². The highest BCUT2D eigenvalue weighted by Crippen LogP contribution is 2.09. The van der Waals surface area contributed by atoms with E-state index in [0.29, 0.717) is 31.9 Å². The number of carbonyl (C=O) groups is 1. The topological polar surface area (TPSA) is 64.2 Å². The van der Waals surface area contributed by atoms with Gasteiger partial charge in [-0.1, -0.05) is 6.92 Å². The highest BCUT2D eigenvalue weighted by Gasteiger charge is 2.18. The summed E-state index contributed by atoms with van der Waals surface area (Å²) in [5.41, 5.74) is 7.13. The second-order valence-corrected chi connectivity index (χ2v) is 3.86. The molecule has 2 N–H and O–H groups in total. The van der Waals surface area contributed by atoms with E-state index in [0.717, 1.165) is 12.1 Å². The third kappa shape index (κ3) is 3.06. The summed E-state index contributed by atoms with van der Waals surface area (Å²) >= 11 is 0. The van der Waals surface area contributed by atoms with Gasteiger partial charge in [0.2, 0.25) is 0 Å². The lowest BCUT2D eigenvalue weighted by molar-refractivity contribution is 0.0756. The van der Waals surface area contributed by atoms with Gasteiger partial charge in [-0.25, -0.2) is 0 Å². The molecule has 1 amide bonds. The molecule has 5 heteroatoms. The van der Waals surface area contributed by atoms with E-state index in [1.54, 1.807) is 9.58 Å². The summed E-state index contributed by atoms with van der Waals surface area (Å²) in [6, 6.07) is 1.88. The Bertz CT molecular complexity index is 373. The van der Waals surface area contributed by atoms with Gasteiger partial charge in [0.1, 0.15) is 5.69 Å². The number of carbonyl (C=O) groups excluding carboxylic acids is 1. The first-order valence-electron chi connectivity index (χ1n) is 6.23. The number of rotatable bonds is 6. The van der Waals surface area contributed by atoms with Crippen molar-refractivity contribution in [1.82, 2.24) is 14.7 Å². The Hall–Kier alpha value is -1.36. The zero-order chi connectivity index (χ0) is 12.8. The van der Waals surface area contributed by atoms with Gasteiger partial charge in [-0.2, -0.15) is 5.10 Å². The molecule has 1 rings (SSSR count). The summed E-state index contributed by atoms with van der Waals surface area (Å²) in [5, 5.41) is 4.38. The van der Waals surface area contributed by atoms with E-state index in [1.165, 1.54) is 0 Å². The minimum Gasteiger partial charge on any atom is -0.336 e. The molecule has 0 unspecified atom stereocenters. The van der Waals surface area contributed by atoms with Gasteiger partial charge in [0.15, 0.2) is 0 Å². The quantitative estimate of drug-likeness (QED) is 0.800. The first kappa shape index (κ1) is 13.7. The Morgan fingerprint density at radius 3 is 2.65 bits per heavy atom. The second-order valence-electron chi connectivity index (χ2n) is 3.86. The molecule has 0 radical (unpaired) electrons. The van der Waals surface area contributed by atoms with Crippen LogP contribution in [0, 0.1) is 0 Å². The smallest absolute Gasteiger partial charge is 0.272 e. The van der Waals surface area contributed by atoms with Crippen molar-refractivity contribution >= 4 is 5.91 Å². The third-order valence-corrected chi connectivity index (χ3v) is 2.78. The molecule has 0 bridgehead atoms. The maximum Gasteiger partial charge on any atom is 0.272 e. The molecule has 1 aromatic rings. The molecule has 0 aliphatic rings. The summed E-state index contributed by atoms with van der Waals surface area (Å²) in [6.07, 6.45) is 0.844. The van der Waals surface area contributed by atoms with Gasteiger partial charge < -0.3 is 10.6 Å². The lowest BCUT2D eigenvalue weighted by Gasteiger charge is -2.20. The van der Waals surface area contributed by atoms with E-state index in [2.05, 4.69) is 5.10 Å². The highest BCUT2D eigenvalue weighted by molar-refractivity contribution is 5.92. The number of hydrogen-bond donors (Lipinski definition) is 1. The van der Waals surface area contributed by atoms with Gasteiger partial charge in [0.05, 0.1) is 5.69 Å². The molecule has 5 nitrogen and oxygen atoms in total. The van der Waals surface area contributed by atoms with Crippen LogP contribution in [0.1, 0.15) is 37.0 Å². The fourth-order valence-corrected chi connectivity index (χ4v) is 1.78. The first-order chi connectivity index (χ1) is 8.17. The number of amides is 1. The van der Waals surface area contributed by atoms with E-state index >= 15 is 0 Å². The Balaban J connectivity index is 2.96. The standard InChI is InChI=1S/C12H22N4O/c1-4-10-9-11(16(6-3)14-10)12(17)15(5-2)8-7-13/h9H,4-8,13H2,1-3H3. The molecule has 0 saturated carbocycles. The number of hydrogen-bond acceptors (Lipinski definition) is 3. The molecule has 17 heavy (non-hydrogen) atoms. The van der Waals surface area contributed by atoms with Crippen molar-refractivity contribution in [1.29, 1.82) is 0 Å². The largest absolute Gasteiger partial charge is 0.336 e. The molecule has 0 atom stereocenters. The lowest BCUT2D eigenvalue weighted by Crippen LogP contribution is -2.36. The van der Waals surface area contributed by atoms with Crippen LogP contribution in [0.15, 0.2) is 6.07 Å². The molecule has 1 aromatic heterocycles. The van der Waals surface area contributed by atoms with Crippen LogP contribution >= 0.6 is 0 Å². The Morgan fingerprint density at radius 1 is 1.47 bits per heavy atom. The minimum absolute atomic E-state index is 0.0204. The second kappa shape index (κ2) is 6.39. The molecule has 0 aromatic carbocycles. The zero-order valence-corrected chi connectivity index (χ0v) is 10.9. The van der Waals surface area contributed by atoms with E-state index in [1.807, 2.05) is 26.8 Å². The number of aryl methyl sites for hydroxylation is 2. The van der Waals surface area contributed by atoms with Crippen LogP contribution < -0.4 is 5.73 Å². The van der Waals surface area contributed by atoms with Crippen molar-refractivity contribution in [2.24, 2.45) is 5.73 Å².